The van der Waals surface area contributed by atoms with Gasteiger partial charge < -0.3 is 14.6 Å². The molecule has 6 nitrogen and oxygen atoms in total. The molecule has 3 aromatic rings. The van der Waals surface area contributed by atoms with Crippen LogP contribution in [0.3, 0.4) is 0 Å². The van der Waals surface area contributed by atoms with Crippen LogP contribution in [0.25, 0.3) is 11.6 Å². The molecule has 0 atom stereocenters. The Balaban J connectivity index is 1.75. The highest BCUT2D eigenvalue weighted by molar-refractivity contribution is 7.07. The Hall–Kier alpha value is -2.97. The van der Waals surface area contributed by atoms with Crippen LogP contribution in [0.15, 0.2) is 46.5 Å². The van der Waals surface area contributed by atoms with Crippen molar-refractivity contribution in [1.82, 2.24) is 14.5 Å². The van der Waals surface area contributed by atoms with Crippen molar-refractivity contribution in [3.63, 3.8) is 0 Å². The Labute approximate surface area is 180 Å². The Morgan fingerprint density at radius 2 is 2.20 bits per heavy atom. The summed E-state index contributed by atoms with van der Waals surface area (Å²) in [4.78, 5) is 20.9. The summed E-state index contributed by atoms with van der Waals surface area (Å²) >= 11 is 7.48. The van der Waals surface area contributed by atoms with Gasteiger partial charge in [-0.05, 0) is 36.6 Å². The molecular weight excluding hydrogens is 427 g/mol. The lowest BCUT2D eigenvalue weighted by Crippen LogP contribution is -2.24. The van der Waals surface area contributed by atoms with Crippen LogP contribution in [0.4, 0.5) is 10.3 Å². The summed E-state index contributed by atoms with van der Waals surface area (Å²) in [5.74, 6) is -0.0259. The fourth-order valence-corrected chi connectivity index (χ4v) is 4.20. The highest BCUT2D eigenvalue weighted by Gasteiger charge is 2.14. The number of hydrogen-bond donors (Lipinski definition) is 1. The first-order valence-electron chi connectivity index (χ1n) is 9.14. The number of benzene rings is 1. The van der Waals surface area contributed by atoms with Gasteiger partial charge in [0, 0.05) is 5.70 Å². The van der Waals surface area contributed by atoms with Gasteiger partial charge in [0.25, 0.3) is 0 Å². The van der Waals surface area contributed by atoms with E-state index in [-0.39, 0.29) is 10.8 Å². The second kappa shape index (κ2) is 8.41. The topological polar surface area (TPSA) is 69.0 Å². The van der Waals surface area contributed by atoms with Crippen LogP contribution in [0, 0.1) is 5.82 Å². The molecule has 2 heterocycles. The molecule has 154 valence electrons. The minimum Gasteiger partial charge on any atom is -0.490 e. The van der Waals surface area contributed by atoms with E-state index in [2.05, 4.69) is 21.4 Å². The molecule has 1 N–H and O–H groups in total. The molecule has 0 radical (unpaired) electrons. The number of nitrogens with one attached hydrogen (secondary N) is 1. The van der Waals surface area contributed by atoms with Crippen molar-refractivity contribution in [2.75, 3.05) is 12.4 Å². The first-order valence-corrected chi connectivity index (χ1v) is 10.4. The van der Waals surface area contributed by atoms with Crippen LogP contribution in [0.1, 0.15) is 18.9 Å². The summed E-state index contributed by atoms with van der Waals surface area (Å²) in [6.45, 7) is 2.32. The highest BCUT2D eigenvalue weighted by Crippen LogP contribution is 2.21. The van der Waals surface area contributed by atoms with Gasteiger partial charge in [0.2, 0.25) is 11.7 Å². The van der Waals surface area contributed by atoms with E-state index >= 15 is 0 Å². The lowest BCUT2D eigenvalue weighted by Gasteiger charge is -2.17. The van der Waals surface area contributed by atoms with Crippen molar-refractivity contribution in [3.05, 3.63) is 78.3 Å². The SMILES string of the molecule is COc1cn(Cc2ccc(F)c(Cl)c2)c(NC2=CCC=c3ncsc3=C2C)nc1=O. The average molecular weight is 445 g/mol. The van der Waals surface area contributed by atoms with Gasteiger partial charge in [-0.3, -0.25) is 4.79 Å². The van der Waals surface area contributed by atoms with Crippen molar-refractivity contribution < 1.29 is 9.13 Å². The molecule has 0 saturated heterocycles. The summed E-state index contributed by atoms with van der Waals surface area (Å²) in [5, 5.41) is 4.27. The summed E-state index contributed by atoms with van der Waals surface area (Å²) in [5.41, 5.74) is 3.95. The molecule has 1 aliphatic carbocycles. The second-order valence-electron chi connectivity index (χ2n) is 6.69. The summed E-state index contributed by atoms with van der Waals surface area (Å²) < 4.78 is 21.5. The number of hydrogen-bond acceptors (Lipinski definition) is 6. The molecule has 0 fully saturated rings. The number of allylic oxidation sites excluding steroid dienone is 2. The van der Waals surface area contributed by atoms with Crippen LogP contribution < -0.4 is 25.5 Å². The molecule has 0 bridgehead atoms. The first kappa shape index (κ1) is 20.3. The van der Waals surface area contributed by atoms with Crippen molar-refractivity contribution in [2.45, 2.75) is 19.9 Å². The predicted octanol–water partition coefficient (Wildman–Crippen LogP) is 2.90. The summed E-state index contributed by atoms with van der Waals surface area (Å²) in [6.07, 6.45) is 6.36. The fourth-order valence-electron chi connectivity index (χ4n) is 3.18. The number of ether oxygens (including phenoxy) is 1. The predicted molar refractivity (Wildman–Crippen MR) is 117 cm³/mol. The monoisotopic (exact) mass is 444 g/mol. The number of rotatable bonds is 5. The minimum absolute atomic E-state index is 0.0342. The fraction of sp³-hybridized carbons (Fsp3) is 0.190. The molecule has 0 aliphatic heterocycles. The molecule has 9 heteroatoms. The zero-order valence-electron chi connectivity index (χ0n) is 16.3. The molecule has 1 aromatic carbocycles. The average Bonchev–Trinajstić information content (AvgIpc) is 3.14. The summed E-state index contributed by atoms with van der Waals surface area (Å²) in [7, 11) is 1.41. The van der Waals surface area contributed by atoms with Crippen molar-refractivity contribution in [2.24, 2.45) is 0 Å². The quantitative estimate of drug-likeness (QED) is 0.655. The standard InChI is InChI=1S/C21H18ClFN4O2S/c1-12-16(4-3-5-17-19(12)30-11-24-17)25-21-26-20(28)18(29-2)10-27(21)9-13-6-7-15(23)14(22)8-13/h4-8,10-11H,3,9H2,1-2H3,(H,25,26,28). The molecule has 1 aliphatic rings. The van der Waals surface area contributed by atoms with E-state index < -0.39 is 11.4 Å². The van der Waals surface area contributed by atoms with Gasteiger partial charge in [-0.15, -0.1) is 11.3 Å². The maximum absolute atomic E-state index is 13.5. The van der Waals surface area contributed by atoms with Crippen LogP contribution in [0.2, 0.25) is 5.02 Å². The number of nitrogens with zero attached hydrogens (tertiary/aromatic N) is 3. The summed E-state index contributed by atoms with van der Waals surface area (Å²) in [6, 6.07) is 4.49. The van der Waals surface area contributed by atoms with Crippen LogP contribution in [0.5, 0.6) is 5.75 Å². The Morgan fingerprint density at radius 1 is 1.37 bits per heavy atom. The Morgan fingerprint density at radius 3 is 2.97 bits per heavy atom. The van der Waals surface area contributed by atoms with Crippen LogP contribution in [-0.2, 0) is 6.54 Å². The first-order chi connectivity index (χ1) is 14.5. The third-order valence-electron chi connectivity index (χ3n) is 4.74. The van der Waals surface area contributed by atoms with E-state index in [1.165, 1.54) is 13.2 Å². The van der Waals surface area contributed by atoms with E-state index in [0.717, 1.165) is 26.7 Å². The zero-order valence-corrected chi connectivity index (χ0v) is 17.9. The van der Waals surface area contributed by atoms with Gasteiger partial charge in [0.05, 0.1) is 40.3 Å². The molecular formula is C21H18ClFN4O2S. The van der Waals surface area contributed by atoms with E-state index in [4.69, 9.17) is 16.3 Å². The molecule has 4 rings (SSSR count). The van der Waals surface area contributed by atoms with E-state index in [1.54, 1.807) is 34.2 Å². The Kier molecular flexibility index (Phi) is 5.69. The lowest BCUT2D eigenvalue weighted by atomic mass is 10.2. The zero-order chi connectivity index (χ0) is 21.3. The van der Waals surface area contributed by atoms with Gasteiger partial charge >= 0.3 is 5.56 Å². The maximum atomic E-state index is 13.5. The van der Waals surface area contributed by atoms with Gasteiger partial charge in [0.15, 0.2) is 0 Å². The highest BCUT2D eigenvalue weighted by atomic mass is 35.5. The lowest BCUT2D eigenvalue weighted by molar-refractivity contribution is 0.402. The van der Waals surface area contributed by atoms with Crippen molar-refractivity contribution >= 4 is 40.5 Å². The number of anilines is 1. The minimum atomic E-state index is -0.486. The number of aromatic nitrogens is 3. The van der Waals surface area contributed by atoms with Crippen LogP contribution in [-0.4, -0.2) is 21.6 Å². The molecule has 0 amide bonds. The number of halogens is 2. The van der Waals surface area contributed by atoms with E-state index in [1.807, 2.05) is 18.5 Å². The third kappa shape index (κ3) is 4.01. The molecule has 2 aromatic heterocycles. The van der Waals surface area contributed by atoms with Gasteiger partial charge in [-0.25, -0.2) is 9.37 Å². The normalized spacial score (nSPS) is 13.2. The number of methoxy groups -OCH3 is 1. The second-order valence-corrected chi connectivity index (χ2v) is 7.95. The molecule has 0 unspecified atom stereocenters. The van der Waals surface area contributed by atoms with Gasteiger partial charge in [0.1, 0.15) is 5.82 Å². The van der Waals surface area contributed by atoms with E-state index in [0.29, 0.717) is 18.9 Å². The Bertz CT molecular complexity index is 1330. The maximum Gasteiger partial charge on any atom is 0.316 e. The van der Waals surface area contributed by atoms with Gasteiger partial charge in [-0.1, -0.05) is 29.8 Å². The number of thiazole rings is 1. The van der Waals surface area contributed by atoms with Crippen molar-refractivity contribution in [3.8, 4) is 5.75 Å². The van der Waals surface area contributed by atoms with E-state index in [9.17, 15) is 9.18 Å². The third-order valence-corrected chi connectivity index (χ3v) is 5.99. The van der Waals surface area contributed by atoms with Crippen molar-refractivity contribution in [1.29, 1.82) is 0 Å². The number of fused-ring (bicyclic) bond motifs is 1. The smallest absolute Gasteiger partial charge is 0.316 e. The molecule has 0 spiro atoms. The largest absolute Gasteiger partial charge is 0.490 e. The molecule has 0 saturated carbocycles. The van der Waals surface area contributed by atoms with Gasteiger partial charge in [-0.2, -0.15) is 4.98 Å². The van der Waals surface area contributed by atoms with Crippen LogP contribution >= 0.6 is 22.9 Å². The molecule has 30 heavy (non-hydrogen) atoms.